The molecular weight excluding hydrogens is 500 g/mol. The molecule has 0 saturated carbocycles. The van der Waals surface area contributed by atoms with Gasteiger partial charge < -0.3 is 20.7 Å². The molecule has 10 heteroatoms. The molecule has 0 spiro atoms. The molecule has 180 valence electrons. The second kappa shape index (κ2) is 9.80. The summed E-state index contributed by atoms with van der Waals surface area (Å²) in [6, 6.07) is 16.5. The van der Waals surface area contributed by atoms with Gasteiger partial charge in [0.1, 0.15) is 10.6 Å². The largest absolute Gasteiger partial charge is 0.491 e. The minimum absolute atomic E-state index is 0.0289. The number of carbonyl (C=O) groups excluding carboxylic acids is 1. The number of para-hydroxylation sites is 1. The molecule has 0 fully saturated rings. The third-order valence-electron chi connectivity index (χ3n) is 5.63. The summed E-state index contributed by atoms with van der Waals surface area (Å²) in [7, 11) is 1.31. The monoisotopic (exact) mass is 518 g/mol. The normalized spacial score (nSPS) is 10.9. The van der Waals surface area contributed by atoms with Gasteiger partial charge in [-0.2, -0.15) is 0 Å². The van der Waals surface area contributed by atoms with E-state index >= 15 is 0 Å². The van der Waals surface area contributed by atoms with Gasteiger partial charge >= 0.3 is 0 Å². The third kappa shape index (κ3) is 4.41. The lowest BCUT2D eigenvalue weighted by atomic mass is 10.1. The molecule has 5 rings (SSSR count). The van der Waals surface area contributed by atoms with Gasteiger partial charge in [-0.25, -0.2) is 0 Å². The van der Waals surface area contributed by atoms with Crippen molar-refractivity contribution >= 4 is 62.5 Å². The van der Waals surface area contributed by atoms with Crippen molar-refractivity contribution in [2.45, 2.75) is 6.54 Å². The standard InChI is InChI=1S/C26H19ClN4O4S/c1-35-24-21(22(32)23(24)33)31-20-12-15(6-7-17(20)27)30-26(34)25-19(9-11-36-25)29-13-14-8-10-28-18-5-3-2-4-16(14)18/h2-12,29,31H,13H2,1H3,(H,30,34). The quantitative estimate of drug-likeness (QED) is 0.243. The van der Waals surface area contributed by atoms with E-state index in [0.717, 1.165) is 16.5 Å². The van der Waals surface area contributed by atoms with Crippen molar-refractivity contribution in [3.63, 3.8) is 0 Å². The molecule has 0 atom stereocenters. The van der Waals surface area contributed by atoms with Crippen LogP contribution in [0.2, 0.25) is 5.02 Å². The molecule has 0 bridgehead atoms. The van der Waals surface area contributed by atoms with Crippen LogP contribution in [0, 0.1) is 0 Å². The third-order valence-corrected chi connectivity index (χ3v) is 6.88. The molecule has 0 saturated heterocycles. The number of thiophene rings is 1. The fourth-order valence-corrected chi connectivity index (χ4v) is 4.75. The first-order valence-corrected chi connectivity index (χ1v) is 12.1. The number of nitrogens with one attached hydrogen (secondary N) is 3. The number of rotatable bonds is 8. The fraction of sp³-hybridized carbons (Fsp3) is 0.0769. The number of carbonyl (C=O) groups is 1. The molecule has 2 aromatic heterocycles. The zero-order valence-corrected chi connectivity index (χ0v) is 20.5. The summed E-state index contributed by atoms with van der Waals surface area (Å²) in [5, 5.41) is 12.2. The van der Waals surface area contributed by atoms with Crippen LogP contribution in [0.15, 0.2) is 75.8 Å². The lowest BCUT2D eigenvalue weighted by molar-refractivity contribution is 0.103. The number of hydrogen-bond donors (Lipinski definition) is 3. The SMILES string of the molecule is COc1c(Nc2cc(NC(=O)c3sccc3NCc3ccnc4ccccc34)ccc2Cl)c(=O)c1=O. The fourth-order valence-electron chi connectivity index (χ4n) is 3.82. The van der Waals surface area contributed by atoms with Gasteiger partial charge in [-0.3, -0.25) is 19.4 Å². The highest BCUT2D eigenvalue weighted by atomic mass is 35.5. The van der Waals surface area contributed by atoms with Gasteiger partial charge in [-0.1, -0.05) is 29.8 Å². The maximum Gasteiger partial charge on any atom is 0.272 e. The summed E-state index contributed by atoms with van der Waals surface area (Å²) in [5.41, 5.74) is 2.15. The number of aromatic nitrogens is 1. The summed E-state index contributed by atoms with van der Waals surface area (Å²) in [5.74, 6) is -0.353. The van der Waals surface area contributed by atoms with Crippen LogP contribution in [-0.2, 0) is 6.54 Å². The van der Waals surface area contributed by atoms with E-state index in [9.17, 15) is 14.4 Å². The van der Waals surface area contributed by atoms with Crippen LogP contribution in [0.25, 0.3) is 10.9 Å². The van der Waals surface area contributed by atoms with Crippen molar-refractivity contribution in [1.29, 1.82) is 0 Å². The van der Waals surface area contributed by atoms with Gasteiger partial charge in [0.2, 0.25) is 0 Å². The number of nitrogens with zero attached hydrogens (tertiary/aromatic N) is 1. The van der Waals surface area contributed by atoms with E-state index in [2.05, 4.69) is 20.9 Å². The number of fused-ring (bicyclic) bond motifs is 1. The van der Waals surface area contributed by atoms with E-state index in [-0.39, 0.29) is 17.3 Å². The number of benzene rings is 2. The molecule has 0 radical (unpaired) electrons. The maximum absolute atomic E-state index is 13.1. The molecule has 36 heavy (non-hydrogen) atoms. The highest BCUT2D eigenvalue weighted by molar-refractivity contribution is 7.12. The van der Waals surface area contributed by atoms with Crippen LogP contribution in [-0.4, -0.2) is 18.0 Å². The summed E-state index contributed by atoms with van der Waals surface area (Å²) < 4.78 is 4.95. The smallest absolute Gasteiger partial charge is 0.272 e. The lowest BCUT2D eigenvalue weighted by Gasteiger charge is -2.14. The zero-order chi connectivity index (χ0) is 25.2. The number of methoxy groups -OCH3 is 1. The number of ether oxygens (including phenoxy) is 1. The van der Waals surface area contributed by atoms with Crippen LogP contribution in [0.3, 0.4) is 0 Å². The van der Waals surface area contributed by atoms with E-state index in [1.54, 1.807) is 24.4 Å². The molecule has 0 aliphatic heterocycles. The lowest BCUT2D eigenvalue weighted by Crippen LogP contribution is -2.34. The van der Waals surface area contributed by atoms with Gasteiger partial charge in [-0.15, -0.1) is 11.3 Å². The average Bonchev–Trinajstić information content (AvgIpc) is 3.37. The second-order valence-electron chi connectivity index (χ2n) is 7.84. The summed E-state index contributed by atoms with van der Waals surface area (Å²) in [4.78, 5) is 41.4. The van der Waals surface area contributed by atoms with Crippen molar-refractivity contribution in [3.05, 3.63) is 102 Å². The van der Waals surface area contributed by atoms with Gasteiger partial charge in [0, 0.05) is 23.8 Å². The first-order chi connectivity index (χ1) is 17.5. The van der Waals surface area contributed by atoms with Crippen LogP contribution < -0.4 is 31.5 Å². The van der Waals surface area contributed by atoms with Crippen LogP contribution in [0.1, 0.15) is 15.2 Å². The van der Waals surface area contributed by atoms with Crippen LogP contribution >= 0.6 is 22.9 Å². The first-order valence-electron chi connectivity index (χ1n) is 10.9. The number of pyridine rings is 1. The van der Waals surface area contributed by atoms with Gasteiger partial charge in [0.05, 0.1) is 29.0 Å². The molecule has 2 heterocycles. The molecule has 8 nitrogen and oxygen atoms in total. The Hall–Kier alpha value is -4.21. The summed E-state index contributed by atoms with van der Waals surface area (Å²) >= 11 is 7.57. The number of anilines is 4. The molecule has 1 amide bonds. The predicted molar refractivity (Wildman–Crippen MR) is 144 cm³/mol. The van der Waals surface area contributed by atoms with Crippen molar-refractivity contribution in [2.24, 2.45) is 0 Å². The summed E-state index contributed by atoms with van der Waals surface area (Å²) in [6.45, 7) is 0.527. The zero-order valence-electron chi connectivity index (χ0n) is 18.9. The van der Waals surface area contributed by atoms with Crippen molar-refractivity contribution in [2.75, 3.05) is 23.1 Å². The highest BCUT2D eigenvalue weighted by Crippen LogP contribution is 2.31. The van der Waals surface area contributed by atoms with E-state index in [4.69, 9.17) is 16.3 Å². The van der Waals surface area contributed by atoms with Crippen molar-refractivity contribution < 1.29 is 9.53 Å². The molecular formula is C26H19ClN4O4S. The Bertz CT molecular complexity index is 1670. The Kier molecular flexibility index (Phi) is 6.41. The Morgan fingerprint density at radius 1 is 1.06 bits per heavy atom. The van der Waals surface area contributed by atoms with E-state index in [0.29, 0.717) is 33.5 Å². The van der Waals surface area contributed by atoms with Crippen molar-refractivity contribution in [3.8, 4) is 5.75 Å². The molecule has 3 aromatic carbocycles. The van der Waals surface area contributed by atoms with Crippen LogP contribution in [0.5, 0.6) is 5.75 Å². The van der Waals surface area contributed by atoms with Gasteiger partial charge in [-0.05, 0) is 47.3 Å². The Balaban J connectivity index is 1.31. The Morgan fingerprint density at radius 3 is 2.72 bits per heavy atom. The van der Waals surface area contributed by atoms with Crippen molar-refractivity contribution in [1.82, 2.24) is 4.98 Å². The molecule has 0 aliphatic rings. The number of hydrogen-bond acceptors (Lipinski definition) is 8. The van der Waals surface area contributed by atoms with E-state index in [1.165, 1.54) is 18.4 Å². The van der Waals surface area contributed by atoms with Gasteiger partial charge in [0.25, 0.3) is 16.8 Å². The van der Waals surface area contributed by atoms with Gasteiger partial charge in [0.15, 0.2) is 5.75 Å². The minimum atomic E-state index is -0.696. The molecule has 0 unspecified atom stereocenters. The maximum atomic E-state index is 13.1. The molecule has 3 N–H and O–H groups in total. The van der Waals surface area contributed by atoms with Crippen LogP contribution in [0.4, 0.5) is 22.7 Å². The Labute approximate surface area is 214 Å². The topological polar surface area (TPSA) is 109 Å². The molecule has 5 aromatic rings. The second-order valence-corrected chi connectivity index (χ2v) is 9.17. The first kappa shape index (κ1) is 23.5. The number of halogens is 1. The summed E-state index contributed by atoms with van der Waals surface area (Å²) in [6.07, 6.45) is 1.77. The number of amides is 1. The predicted octanol–water partition coefficient (Wildman–Crippen LogP) is 5.16. The van der Waals surface area contributed by atoms with E-state index < -0.39 is 10.9 Å². The highest BCUT2D eigenvalue weighted by Gasteiger charge is 2.23. The average molecular weight is 519 g/mol. The van der Waals surface area contributed by atoms with E-state index in [1.807, 2.05) is 41.8 Å². The Morgan fingerprint density at radius 2 is 1.89 bits per heavy atom. The minimum Gasteiger partial charge on any atom is -0.491 e. The molecule has 0 aliphatic carbocycles.